The molecule has 1 aromatic rings. The summed E-state index contributed by atoms with van der Waals surface area (Å²) in [6, 6.07) is 4.86. The van der Waals surface area contributed by atoms with E-state index in [9.17, 15) is 18.8 Å². The van der Waals surface area contributed by atoms with Crippen LogP contribution < -0.4 is 16.0 Å². The van der Waals surface area contributed by atoms with Gasteiger partial charge < -0.3 is 20.9 Å². The fourth-order valence-electron chi connectivity index (χ4n) is 6.95. The van der Waals surface area contributed by atoms with Crippen LogP contribution in [0.25, 0.3) is 0 Å². The smallest absolute Gasteiger partial charge is 0.245 e. The van der Waals surface area contributed by atoms with Crippen LogP contribution >= 0.6 is 0 Å². The van der Waals surface area contributed by atoms with Gasteiger partial charge in [-0.3, -0.25) is 14.4 Å². The molecular weight excluding hydrogens is 483 g/mol. The van der Waals surface area contributed by atoms with Gasteiger partial charge in [-0.2, -0.15) is 0 Å². The largest absolute Gasteiger partial charge is 0.343 e. The van der Waals surface area contributed by atoms with Gasteiger partial charge in [-0.05, 0) is 62.1 Å². The minimum absolute atomic E-state index is 0.0352. The molecule has 2 unspecified atom stereocenters. The second-order valence-corrected chi connectivity index (χ2v) is 11.9. The monoisotopic (exact) mass is 528 g/mol. The number of hydrogen-bond donors (Lipinski definition) is 3. The second kappa shape index (κ2) is 12.7. The molecule has 8 heteroatoms. The van der Waals surface area contributed by atoms with Crippen LogP contribution in [0.5, 0.6) is 0 Å². The summed E-state index contributed by atoms with van der Waals surface area (Å²) < 4.78 is 13.5. The highest BCUT2D eigenvalue weighted by atomic mass is 19.1. The number of benzene rings is 1. The molecule has 0 aromatic heterocycles. The molecule has 210 valence electrons. The van der Waals surface area contributed by atoms with Crippen LogP contribution in [0.4, 0.5) is 4.39 Å². The molecule has 3 N–H and O–H groups in total. The van der Waals surface area contributed by atoms with E-state index in [0.29, 0.717) is 38.4 Å². The van der Waals surface area contributed by atoms with Crippen molar-refractivity contribution < 1.29 is 18.8 Å². The van der Waals surface area contributed by atoms with Gasteiger partial charge in [0.2, 0.25) is 11.8 Å². The molecule has 1 aliphatic carbocycles. The average Bonchev–Trinajstić information content (AvgIpc) is 2.93. The Labute approximate surface area is 226 Å². The Morgan fingerprint density at radius 2 is 1.66 bits per heavy atom. The summed E-state index contributed by atoms with van der Waals surface area (Å²) in [7, 11) is 0. The van der Waals surface area contributed by atoms with Crippen LogP contribution in [0.2, 0.25) is 0 Å². The Balaban J connectivity index is 1.49. The lowest BCUT2D eigenvalue weighted by Crippen LogP contribution is -2.65. The van der Waals surface area contributed by atoms with Crippen LogP contribution in [-0.4, -0.2) is 66.8 Å². The van der Waals surface area contributed by atoms with Crippen molar-refractivity contribution in [2.75, 3.05) is 26.2 Å². The van der Waals surface area contributed by atoms with Gasteiger partial charge in [0, 0.05) is 44.1 Å². The Hall–Kier alpha value is -2.32. The summed E-state index contributed by atoms with van der Waals surface area (Å²) in [6.07, 6.45) is 7.42. The van der Waals surface area contributed by atoms with Crippen molar-refractivity contribution >= 4 is 17.6 Å². The van der Waals surface area contributed by atoms with Gasteiger partial charge in [0.05, 0.1) is 0 Å². The first kappa shape index (κ1) is 28.7. The van der Waals surface area contributed by atoms with E-state index in [1.807, 2.05) is 4.90 Å². The molecule has 0 radical (unpaired) electrons. The van der Waals surface area contributed by atoms with Crippen LogP contribution in [-0.2, 0) is 20.8 Å². The highest BCUT2D eigenvalue weighted by molar-refractivity contribution is 5.91. The van der Waals surface area contributed by atoms with Gasteiger partial charge in [0.15, 0.2) is 0 Å². The molecule has 0 spiro atoms. The standard InChI is InChI=1S/C30H45FN4O3/c1-20(2)26-27(33-16-15-32-26)28(37)34-25(19-22-9-11-24(31)12-10-22)29(38)35-17-13-30(14-18-35,21(3)36)23-7-5-4-6-8-23/h9-12,20,23,25-27,32-33H,4-8,13-19H2,1-3H3,(H,34,37)/t25-,26?,27?/m1/s1. The van der Waals surface area contributed by atoms with E-state index in [1.54, 1.807) is 19.1 Å². The van der Waals surface area contributed by atoms with Crippen LogP contribution in [0.15, 0.2) is 24.3 Å². The number of carbonyl (C=O) groups is 3. The number of nitrogens with one attached hydrogen (secondary N) is 3. The zero-order chi connectivity index (χ0) is 27.3. The zero-order valence-electron chi connectivity index (χ0n) is 23.2. The molecule has 2 aliphatic heterocycles. The van der Waals surface area contributed by atoms with Gasteiger partial charge in [0.25, 0.3) is 0 Å². The number of carbonyl (C=O) groups excluding carboxylic acids is 3. The van der Waals surface area contributed by atoms with Gasteiger partial charge in [-0.25, -0.2) is 4.39 Å². The molecule has 7 nitrogen and oxygen atoms in total. The number of piperidine rings is 1. The topological polar surface area (TPSA) is 90.5 Å². The Bertz CT molecular complexity index is 968. The lowest BCUT2D eigenvalue weighted by Gasteiger charge is -2.47. The summed E-state index contributed by atoms with van der Waals surface area (Å²) in [5.74, 6) is 0.229. The second-order valence-electron chi connectivity index (χ2n) is 11.9. The quantitative estimate of drug-likeness (QED) is 0.482. The van der Waals surface area contributed by atoms with Gasteiger partial charge >= 0.3 is 0 Å². The van der Waals surface area contributed by atoms with E-state index in [1.165, 1.54) is 31.4 Å². The summed E-state index contributed by atoms with van der Waals surface area (Å²) >= 11 is 0. The number of ketones is 1. The van der Waals surface area contributed by atoms with Crippen molar-refractivity contribution in [3.8, 4) is 0 Å². The molecule has 2 heterocycles. The maximum atomic E-state index is 13.9. The lowest BCUT2D eigenvalue weighted by atomic mass is 9.62. The van der Waals surface area contributed by atoms with E-state index < -0.39 is 12.1 Å². The van der Waals surface area contributed by atoms with E-state index in [2.05, 4.69) is 29.8 Å². The number of amides is 2. The molecule has 1 aromatic carbocycles. The predicted molar refractivity (Wildman–Crippen MR) is 146 cm³/mol. The van der Waals surface area contributed by atoms with Crippen molar-refractivity contribution in [2.45, 2.75) is 90.3 Å². The van der Waals surface area contributed by atoms with E-state index in [-0.39, 0.29) is 47.2 Å². The number of nitrogens with zero attached hydrogens (tertiary/aromatic N) is 1. The molecule has 4 rings (SSSR count). The van der Waals surface area contributed by atoms with Crippen molar-refractivity contribution in [1.82, 2.24) is 20.9 Å². The highest BCUT2D eigenvalue weighted by Crippen LogP contribution is 2.46. The number of likely N-dealkylation sites (tertiary alicyclic amines) is 1. The molecule has 0 bridgehead atoms. The number of Topliss-reactive ketones (excluding diaryl/α,β-unsaturated/α-hetero) is 1. The molecule has 3 aliphatic rings. The number of halogens is 1. The third-order valence-corrected chi connectivity index (χ3v) is 9.25. The number of piperazine rings is 1. The van der Waals surface area contributed by atoms with Crippen molar-refractivity contribution in [1.29, 1.82) is 0 Å². The van der Waals surface area contributed by atoms with E-state index in [4.69, 9.17) is 0 Å². The zero-order valence-corrected chi connectivity index (χ0v) is 23.2. The third kappa shape index (κ3) is 6.45. The predicted octanol–water partition coefficient (Wildman–Crippen LogP) is 3.22. The highest BCUT2D eigenvalue weighted by Gasteiger charge is 2.46. The summed E-state index contributed by atoms with van der Waals surface area (Å²) in [4.78, 5) is 42.1. The fourth-order valence-corrected chi connectivity index (χ4v) is 6.95. The average molecular weight is 529 g/mol. The SMILES string of the molecule is CC(=O)C1(C2CCCCC2)CCN(C(=O)[C@@H](Cc2ccc(F)cc2)NC(=O)C2NCCNC2C(C)C)CC1. The molecule has 2 amide bonds. The van der Waals surface area contributed by atoms with Gasteiger partial charge in [0.1, 0.15) is 23.7 Å². The maximum Gasteiger partial charge on any atom is 0.245 e. The Morgan fingerprint density at radius 3 is 2.26 bits per heavy atom. The summed E-state index contributed by atoms with van der Waals surface area (Å²) in [6.45, 7) is 8.38. The van der Waals surface area contributed by atoms with Crippen molar-refractivity contribution in [3.05, 3.63) is 35.6 Å². The Kier molecular flexibility index (Phi) is 9.58. The fraction of sp³-hybridized carbons (Fsp3) is 0.700. The normalized spacial score (nSPS) is 25.1. The first-order valence-corrected chi connectivity index (χ1v) is 14.5. The molecule has 3 fully saturated rings. The molecule has 38 heavy (non-hydrogen) atoms. The van der Waals surface area contributed by atoms with Gasteiger partial charge in [-0.15, -0.1) is 0 Å². The molecule has 2 saturated heterocycles. The summed E-state index contributed by atoms with van der Waals surface area (Å²) in [5.41, 5.74) is 0.451. The first-order valence-electron chi connectivity index (χ1n) is 14.5. The minimum Gasteiger partial charge on any atom is -0.343 e. The van der Waals surface area contributed by atoms with Crippen LogP contribution in [0.1, 0.15) is 71.3 Å². The van der Waals surface area contributed by atoms with E-state index >= 15 is 0 Å². The third-order valence-electron chi connectivity index (χ3n) is 9.25. The number of hydrogen-bond acceptors (Lipinski definition) is 5. The van der Waals surface area contributed by atoms with Crippen LogP contribution in [0.3, 0.4) is 0 Å². The number of rotatable bonds is 8. The van der Waals surface area contributed by atoms with E-state index in [0.717, 1.165) is 24.9 Å². The minimum atomic E-state index is -0.760. The Morgan fingerprint density at radius 1 is 1.03 bits per heavy atom. The molecule has 1 saturated carbocycles. The van der Waals surface area contributed by atoms with Crippen LogP contribution in [0, 0.1) is 23.1 Å². The van der Waals surface area contributed by atoms with Crippen molar-refractivity contribution in [3.63, 3.8) is 0 Å². The maximum absolute atomic E-state index is 13.9. The molecule has 3 atom stereocenters. The summed E-state index contributed by atoms with van der Waals surface area (Å²) in [5, 5.41) is 9.79. The lowest BCUT2D eigenvalue weighted by molar-refractivity contribution is -0.144. The first-order chi connectivity index (χ1) is 18.2. The van der Waals surface area contributed by atoms with Gasteiger partial charge in [-0.1, -0.05) is 45.2 Å². The van der Waals surface area contributed by atoms with Crippen molar-refractivity contribution in [2.24, 2.45) is 17.3 Å². The molecular formula is C30H45FN4O3.